The first-order valence-corrected chi connectivity index (χ1v) is 8.45. The molecular weight excluding hydrogens is 318 g/mol. The van der Waals surface area contributed by atoms with Gasteiger partial charge in [0.05, 0.1) is 35.5 Å². The fourth-order valence-corrected chi connectivity index (χ4v) is 3.01. The van der Waals surface area contributed by atoms with Gasteiger partial charge in [-0.2, -0.15) is 5.10 Å². The zero-order valence-corrected chi connectivity index (χ0v) is 14.7. The van der Waals surface area contributed by atoms with Crippen molar-refractivity contribution in [2.75, 3.05) is 19.7 Å². The minimum absolute atomic E-state index is 0.0752. The minimum Gasteiger partial charge on any atom is -0.466 e. The number of likely N-dealkylation sites (tertiary alicyclic amines) is 1. The predicted octanol–water partition coefficient (Wildman–Crippen LogP) is 2.35. The zero-order chi connectivity index (χ0) is 17.0. The number of aromatic nitrogens is 2. The van der Waals surface area contributed by atoms with Gasteiger partial charge in [0.1, 0.15) is 0 Å². The van der Waals surface area contributed by atoms with Crippen LogP contribution in [0.5, 0.6) is 0 Å². The van der Waals surface area contributed by atoms with Gasteiger partial charge >= 0.3 is 5.97 Å². The van der Waals surface area contributed by atoms with Gasteiger partial charge in [-0.3, -0.25) is 14.3 Å². The molecule has 1 aliphatic rings. The summed E-state index contributed by atoms with van der Waals surface area (Å²) in [6.07, 6.45) is 1.75. The molecule has 0 atom stereocenters. The molecule has 0 spiro atoms. The summed E-state index contributed by atoms with van der Waals surface area (Å²) in [5.74, 6) is -0.123. The van der Waals surface area contributed by atoms with Crippen LogP contribution in [0.3, 0.4) is 0 Å². The second kappa shape index (κ2) is 7.81. The van der Waals surface area contributed by atoms with E-state index >= 15 is 0 Å². The molecule has 6 nitrogen and oxygen atoms in total. The van der Waals surface area contributed by atoms with E-state index < -0.39 is 0 Å². The van der Waals surface area contributed by atoms with Crippen molar-refractivity contribution < 1.29 is 14.3 Å². The SMILES string of the molecule is CCOC(=O)C1CCN(C(=O)CCn2nc(C)c(Cl)c2C)CC1. The summed E-state index contributed by atoms with van der Waals surface area (Å²) in [5, 5.41) is 5.00. The second-order valence-corrected chi connectivity index (χ2v) is 6.24. The molecule has 0 unspecified atom stereocenters. The lowest BCUT2D eigenvalue weighted by Gasteiger charge is -2.31. The third-order valence-corrected chi connectivity index (χ3v) is 4.85. The smallest absolute Gasteiger partial charge is 0.309 e. The van der Waals surface area contributed by atoms with Crippen LogP contribution in [0.15, 0.2) is 0 Å². The van der Waals surface area contributed by atoms with E-state index in [1.54, 1.807) is 4.68 Å². The molecule has 0 aliphatic carbocycles. The van der Waals surface area contributed by atoms with Gasteiger partial charge in [0.2, 0.25) is 5.91 Å². The van der Waals surface area contributed by atoms with Crippen LogP contribution >= 0.6 is 11.6 Å². The number of ether oxygens (including phenoxy) is 1. The summed E-state index contributed by atoms with van der Waals surface area (Å²) < 4.78 is 6.82. The molecule has 7 heteroatoms. The lowest BCUT2D eigenvalue weighted by molar-refractivity contribution is -0.151. The van der Waals surface area contributed by atoms with E-state index in [2.05, 4.69) is 5.10 Å². The van der Waals surface area contributed by atoms with Gasteiger partial charge in [-0.1, -0.05) is 11.6 Å². The molecule has 0 radical (unpaired) electrons. The van der Waals surface area contributed by atoms with Crippen molar-refractivity contribution in [1.82, 2.24) is 14.7 Å². The fourth-order valence-electron chi connectivity index (χ4n) is 2.88. The van der Waals surface area contributed by atoms with Crippen molar-refractivity contribution in [3.05, 3.63) is 16.4 Å². The molecule has 1 fully saturated rings. The fraction of sp³-hybridized carbons (Fsp3) is 0.688. The molecule has 1 aromatic heterocycles. The number of carbonyl (C=O) groups is 2. The molecule has 128 valence electrons. The van der Waals surface area contributed by atoms with Crippen molar-refractivity contribution in [3.63, 3.8) is 0 Å². The van der Waals surface area contributed by atoms with Crippen molar-refractivity contribution >= 4 is 23.5 Å². The van der Waals surface area contributed by atoms with E-state index in [4.69, 9.17) is 16.3 Å². The number of piperidine rings is 1. The van der Waals surface area contributed by atoms with Crippen LogP contribution in [0, 0.1) is 19.8 Å². The first-order chi connectivity index (χ1) is 10.9. The van der Waals surface area contributed by atoms with Crippen LogP contribution in [0.4, 0.5) is 0 Å². The zero-order valence-electron chi connectivity index (χ0n) is 14.0. The topological polar surface area (TPSA) is 64.4 Å². The quantitative estimate of drug-likeness (QED) is 0.771. The van der Waals surface area contributed by atoms with Gasteiger partial charge in [-0.15, -0.1) is 0 Å². The lowest BCUT2D eigenvalue weighted by atomic mass is 9.97. The van der Waals surface area contributed by atoms with Crippen molar-refractivity contribution in [1.29, 1.82) is 0 Å². The van der Waals surface area contributed by atoms with E-state index in [1.165, 1.54) is 0 Å². The van der Waals surface area contributed by atoms with Gasteiger partial charge < -0.3 is 9.64 Å². The highest BCUT2D eigenvalue weighted by Gasteiger charge is 2.28. The summed E-state index contributed by atoms with van der Waals surface area (Å²) in [4.78, 5) is 25.8. The Morgan fingerprint density at radius 3 is 2.48 bits per heavy atom. The molecule has 1 saturated heterocycles. The third kappa shape index (κ3) is 4.25. The van der Waals surface area contributed by atoms with E-state index in [9.17, 15) is 9.59 Å². The average Bonchev–Trinajstić information content (AvgIpc) is 2.80. The minimum atomic E-state index is -0.142. The molecule has 0 bridgehead atoms. The number of nitrogens with zero attached hydrogens (tertiary/aromatic N) is 3. The van der Waals surface area contributed by atoms with Gasteiger partial charge in [0, 0.05) is 19.5 Å². The highest BCUT2D eigenvalue weighted by atomic mass is 35.5. The maximum absolute atomic E-state index is 12.3. The Bertz CT molecular complexity index is 577. The Hall–Kier alpha value is -1.56. The van der Waals surface area contributed by atoms with Gasteiger partial charge in [0.25, 0.3) is 0 Å². The number of esters is 1. The Kier molecular flexibility index (Phi) is 6.04. The first-order valence-electron chi connectivity index (χ1n) is 8.08. The predicted molar refractivity (Wildman–Crippen MR) is 87.3 cm³/mol. The summed E-state index contributed by atoms with van der Waals surface area (Å²) >= 11 is 6.11. The molecule has 1 amide bonds. The molecule has 2 rings (SSSR count). The van der Waals surface area contributed by atoms with Crippen LogP contribution in [-0.4, -0.2) is 46.3 Å². The number of aryl methyl sites for hydroxylation is 2. The number of hydrogen-bond donors (Lipinski definition) is 0. The third-order valence-electron chi connectivity index (χ3n) is 4.30. The van der Waals surface area contributed by atoms with E-state index in [0.29, 0.717) is 50.5 Å². The molecule has 2 heterocycles. The standard InChI is InChI=1S/C16H24ClN3O3/c1-4-23-16(22)13-5-8-19(9-6-13)14(21)7-10-20-12(3)15(17)11(2)18-20/h13H,4-10H2,1-3H3. The molecule has 1 aliphatic heterocycles. The average molecular weight is 342 g/mol. The van der Waals surface area contributed by atoms with Crippen LogP contribution < -0.4 is 0 Å². The maximum Gasteiger partial charge on any atom is 0.309 e. The Morgan fingerprint density at radius 2 is 1.96 bits per heavy atom. The van der Waals surface area contributed by atoms with Crippen LogP contribution in [0.2, 0.25) is 5.02 Å². The van der Waals surface area contributed by atoms with Gasteiger partial charge in [0.15, 0.2) is 0 Å². The van der Waals surface area contributed by atoms with Crippen molar-refractivity contribution in [3.8, 4) is 0 Å². The number of hydrogen-bond acceptors (Lipinski definition) is 4. The number of rotatable bonds is 5. The summed E-state index contributed by atoms with van der Waals surface area (Å²) in [5.41, 5.74) is 1.67. The maximum atomic E-state index is 12.3. The van der Waals surface area contributed by atoms with E-state index in [-0.39, 0.29) is 17.8 Å². The van der Waals surface area contributed by atoms with Gasteiger partial charge in [-0.05, 0) is 33.6 Å². The second-order valence-electron chi connectivity index (χ2n) is 5.87. The number of amides is 1. The summed E-state index contributed by atoms with van der Waals surface area (Å²) in [6.45, 7) is 7.72. The molecule has 0 aromatic carbocycles. The molecule has 23 heavy (non-hydrogen) atoms. The monoisotopic (exact) mass is 341 g/mol. The van der Waals surface area contributed by atoms with Crippen LogP contribution in [0.25, 0.3) is 0 Å². The highest BCUT2D eigenvalue weighted by molar-refractivity contribution is 6.31. The molecule has 0 N–H and O–H groups in total. The Labute approximate surface area is 141 Å². The number of carbonyl (C=O) groups excluding carboxylic acids is 2. The van der Waals surface area contributed by atoms with Crippen LogP contribution in [-0.2, 0) is 20.9 Å². The number of halogens is 1. The van der Waals surface area contributed by atoms with Crippen molar-refractivity contribution in [2.24, 2.45) is 5.92 Å². The van der Waals surface area contributed by atoms with E-state index in [1.807, 2.05) is 25.7 Å². The lowest BCUT2D eigenvalue weighted by Crippen LogP contribution is -2.41. The normalized spacial score (nSPS) is 15.7. The molecule has 0 saturated carbocycles. The van der Waals surface area contributed by atoms with Crippen molar-refractivity contribution in [2.45, 2.75) is 46.6 Å². The summed E-state index contributed by atoms with van der Waals surface area (Å²) in [6, 6.07) is 0. The Balaban J connectivity index is 1.81. The molecular formula is C16H24ClN3O3. The molecule has 1 aromatic rings. The Morgan fingerprint density at radius 1 is 1.30 bits per heavy atom. The first kappa shape index (κ1) is 17.8. The van der Waals surface area contributed by atoms with Crippen LogP contribution in [0.1, 0.15) is 37.6 Å². The largest absolute Gasteiger partial charge is 0.466 e. The van der Waals surface area contributed by atoms with Gasteiger partial charge in [-0.25, -0.2) is 0 Å². The highest BCUT2D eigenvalue weighted by Crippen LogP contribution is 2.21. The summed E-state index contributed by atoms with van der Waals surface area (Å²) in [7, 11) is 0. The van der Waals surface area contributed by atoms with E-state index in [0.717, 1.165) is 11.4 Å².